The number of aliphatic hydroxyl groups is 3. The highest BCUT2D eigenvalue weighted by Gasteiger charge is 2.62. The Labute approximate surface area is 168 Å². The molecule has 0 radical (unpaired) electrons. The second-order valence-corrected chi connectivity index (χ2v) is 10.5. The number of aliphatic hydroxyl groups excluding tert-OH is 1. The van der Waals surface area contributed by atoms with Gasteiger partial charge in [0.15, 0.2) is 0 Å². The molecule has 0 aromatic carbocycles. The Hall–Kier alpha value is -0.880. The maximum atomic E-state index is 13.5. The molecule has 4 N–H and O–H groups in total. The van der Waals surface area contributed by atoms with Gasteiger partial charge in [-0.1, -0.05) is 19.3 Å². The lowest BCUT2D eigenvalue weighted by molar-refractivity contribution is -0.227. The summed E-state index contributed by atoms with van der Waals surface area (Å²) in [5.74, 6) is -3.28. The average Bonchev–Trinajstić information content (AvgIpc) is 3.11. The van der Waals surface area contributed by atoms with E-state index in [2.05, 4.69) is 4.74 Å². The monoisotopic (exact) mass is 442 g/mol. The molecule has 0 saturated heterocycles. The Balaban J connectivity index is 1.79. The van der Waals surface area contributed by atoms with E-state index in [0.29, 0.717) is 19.3 Å². The largest absolute Gasteiger partial charge is 0.430 e. The van der Waals surface area contributed by atoms with E-state index in [1.165, 1.54) is 0 Å². The highest BCUT2D eigenvalue weighted by atomic mass is 32.2. The Morgan fingerprint density at radius 3 is 2.24 bits per heavy atom. The van der Waals surface area contributed by atoms with Gasteiger partial charge in [0, 0.05) is 5.92 Å². The molecule has 0 bridgehead atoms. The third kappa shape index (κ3) is 3.91. The zero-order valence-corrected chi connectivity index (χ0v) is 16.9. The van der Waals surface area contributed by atoms with E-state index >= 15 is 0 Å². The summed E-state index contributed by atoms with van der Waals surface area (Å²) in [6.45, 7) is 1.71. The summed E-state index contributed by atoms with van der Waals surface area (Å²) in [4.78, 5) is 12.5. The molecule has 0 heterocycles. The van der Waals surface area contributed by atoms with E-state index in [9.17, 15) is 37.3 Å². The fourth-order valence-electron chi connectivity index (χ4n) is 5.68. The molecule has 0 aromatic rings. The van der Waals surface area contributed by atoms with Crippen LogP contribution in [-0.2, 0) is 19.6 Å². The summed E-state index contributed by atoms with van der Waals surface area (Å²) in [5, 5.41) is 26.1. The number of ether oxygens (including phenoxy) is 1. The second-order valence-electron chi connectivity index (χ2n) is 9.02. The van der Waals surface area contributed by atoms with E-state index in [0.717, 1.165) is 25.7 Å². The molecule has 3 aliphatic rings. The summed E-state index contributed by atoms with van der Waals surface area (Å²) < 4.78 is 61.4. The van der Waals surface area contributed by atoms with Crippen molar-refractivity contribution in [1.29, 1.82) is 0 Å². The number of hydrogen-bond acceptors (Lipinski definition) is 7. The third-order valence-corrected chi connectivity index (χ3v) is 8.08. The van der Waals surface area contributed by atoms with Crippen molar-refractivity contribution in [2.75, 3.05) is 0 Å². The van der Waals surface area contributed by atoms with Crippen LogP contribution in [0.3, 0.4) is 0 Å². The van der Waals surface area contributed by atoms with Crippen molar-refractivity contribution >= 4 is 16.1 Å². The standard InChI is InChI=1S/C18H28F2O8S/c1-16(23)6-4-5-12(16)10-9-11(13(10)17(24)7-2-3-8-17)14(21)28-15(22)18(19,20)29(25,26)27/h10-13,15,22-24H,2-9H2,1H3,(H,25,26,27). The van der Waals surface area contributed by atoms with Crippen LogP contribution in [0.2, 0.25) is 0 Å². The molecule has 3 aliphatic carbocycles. The first kappa shape index (κ1) is 22.8. The zero-order valence-electron chi connectivity index (χ0n) is 16.1. The third-order valence-electron chi connectivity index (χ3n) is 7.19. The molecular weight excluding hydrogens is 414 g/mol. The molecule has 0 spiro atoms. The van der Waals surface area contributed by atoms with Crippen molar-refractivity contribution in [3.63, 3.8) is 0 Å². The summed E-state index contributed by atoms with van der Waals surface area (Å²) in [6.07, 6.45) is 1.26. The van der Waals surface area contributed by atoms with Gasteiger partial charge in [-0.15, -0.1) is 0 Å². The fourth-order valence-corrected chi connectivity index (χ4v) is 5.99. The first-order chi connectivity index (χ1) is 13.2. The number of esters is 1. The Morgan fingerprint density at radius 1 is 1.17 bits per heavy atom. The van der Waals surface area contributed by atoms with Crippen LogP contribution in [0, 0.1) is 23.7 Å². The van der Waals surface area contributed by atoms with Crippen LogP contribution in [0.4, 0.5) is 8.78 Å². The van der Waals surface area contributed by atoms with Crippen LogP contribution < -0.4 is 0 Å². The number of alkyl halides is 2. The van der Waals surface area contributed by atoms with Gasteiger partial charge in [0.25, 0.3) is 6.29 Å². The van der Waals surface area contributed by atoms with E-state index in [1.807, 2.05) is 0 Å². The fraction of sp³-hybridized carbons (Fsp3) is 0.944. The molecule has 6 atom stereocenters. The van der Waals surface area contributed by atoms with Crippen LogP contribution in [-0.4, -0.2) is 57.0 Å². The molecule has 0 aromatic heterocycles. The molecule has 6 unspecified atom stereocenters. The van der Waals surface area contributed by atoms with Gasteiger partial charge >= 0.3 is 21.3 Å². The predicted molar refractivity (Wildman–Crippen MR) is 95.1 cm³/mol. The van der Waals surface area contributed by atoms with Gasteiger partial charge in [0.1, 0.15) is 0 Å². The minimum Gasteiger partial charge on any atom is -0.428 e. The SMILES string of the molecule is CC1(O)CCCC1C1CC(C(=O)OC(O)C(F)(F)S(=O)(=O)O)C1C1(O)CCCC1. The van der Waals surface area contributed by atoms with E-state index in [4.69, 9.17) is 4.55 Å². The summed E-state index contributed by atoms with van der Waals surface area (Å²) in [5.41, 5.74) is -2.16. The van der Waals surface area contributed by atoms with Crippen molar-refractivity contribution in [3.05, 3.63) is 0 Å². The smallest absolute Gasteiger partial charge is 0.428 e. The normalized spacial score (nSPS) is 38.4. The predicted octanol–water partition coefficient (Wildman–Crippen LogP) is 1.44. The Kier molecular flexibility index (Phi) is 5.79. The van der Waals surface area contributed by atoms with Gasteiger partial charge in [0.05, 0.1) is 17.1 Å². The Morgan fingerprint density at radius 2 is 1.76 bits per heavy atom. The lowest BCUT2D eigenvalue weighted by atomic mass is 9.52. The second kappa shape index (κ2) is 7.37. The number of carbonyl (C=O) groups excluding carboxylic acids is 1. The van der Waals surface area contributed by atoms with Gasteiger partial charge < -0.3 is 20.1 Å². The zero-order chi connectivity index (χ0) is 21.8. The summed E-state index contributed by atoms with van der Waals surface area (Å²) in [6, 6.07) is 0. The van der Waals surface area contributed by atoms with Crippen molar-refractivity contribution in [2.45, 2.75) is 81.0 Å². The molecule has 8 nitrogen and oxygen atoms in total. The van der Waals surface area contributed by atoms with Crippen LogP contribution >= 0.6 is 0 Å². The van der Waals surface area contributed by atoms with Crippen LogP contribution in [0.25, 0.3) is 0 Å². The minimum atomic E-state index is -5.99. The highest BCUT2D eigenvalue weighted by Crippen LogP contribution is 2.59. The first-order valence-corrected chi connectivity index (χ1v) is 11.3. The molecule has 3 saturated carbocycles. The summed E-state index contributed by atoms with van der Waals surface area (Å²) in [7, 11) is -5.99. The topological polar surface area (TPSA) is 141 Å². The van der Waals surface area contributed by atoms with Crippen molar-refractivity contribution in [3.8, 4) is 0 Å². The van der Waals surface area contributed by atoms with Gasteiger partial charge in [-0.2, -0.15) is 17.2 Å². The molecule has 11 heteroatoms. The van der Waals surface area contributed by atoms with Gasteiger partial charge in [-0.05, 0) is 50.9 Å². The number of halogens is 2. The Bertz CT molecular complexity index is 747. The molecule has 0 aliphatic heterocycles. The molecule has 29 heavy (non-hydrogen) atoms. The van der Waals surface area contributed by atoms with Crippen molar-refractivity contribution in [1.82, 2.24) is 0 Å². The quantitative estimate of drug-likeness (QED) is 0.275. The maximum Gasteiger partial charge on any atom is 0.430 e. The van der Waals surface area contributed by atoms with Crippen LogP contribution in [0.15, 0.2) is 0 Å². The lowest BCUT2D eigenvalue weighted by Gasteiger charge is -2.54. The minimum absolute atomic E-state index is 0.162. The van der Waals surface area contributed by atoms with Gasteiger partial charge in [-0.3, -0.25) is 9.35 Å². The average molecular weight is 442 g/mol. The number of rotatable bonds is 6. The molecule has 0 amide bonds. The van der Waals surface area contributed by atoms with E-state index < -0.39 is 50.7 Å². The molecule has 168 valence electrons. The van der Waals surface area contributed by atoms with Crippen molar-refractivity contribution in [2.24, 2.45) is 23.7 Å². The van der Waals surface area contributed by atoms with Crippen LogP contribution in [0.1, 0.15) is 58.3 Å². The number of carbonyl (C=O) groups is 1. The maximum absolute atomic E-state index is 13.5. The van der Waals surface area contributed by atoms with Crippen molar-refractivity contribution < 1.29 is 46.6 Å². The first-order valence-electron chi connectivity index (χ1n) is 9.89. The van der Waals surface area contributed by atoms with Gasteiger partial charge in [-0.25, -0.2) is 0 Å². The number of hydrogen-bond donors (Lipinski definition) is 4. The van der Waals surface area contributed by atoms with E-state index in [-0.39, 0.29) is 18.3 Å². The molecule has 3 fully saturated rings. The van der Waals surface area contributed by atoms with Gasteiger partial charge in [0.2, 0.25) is 0 Å². The van der Waals surface area contributed by atoms with E-state index in [1.54, 1.807) is 6.92 Å². The lowest BCUT2D eigenvalue weighted by Crippen LogP contribution is -2.59. The highest BCUT2D eigenvalue weighted by molar-refractivity contribution is 7.86. The molecule has 3 rings (SSSR count). The van der Waals surface area contributed by atoms with Crippen LogP contribution in [0.5, 0.6) is 0 Å². The molecular formula is C18H28F2O8S. The summed E-state index contributed by atoms with van der Waals surface area (Å²) >= 11 is 0.